The summed E-state index contributed by atoms with van der Waals surface area (Å²) >= 11 is 0. The molecule has 0 aromatic rings. The fourth-order valence-corrected chi connectivity index (χ4v) is 1.53. The number of nitrogens with one attached hydrogen (secondary N) is 2. The second-order valence-corrected chi connectivity index (χ2v) is 3.45. The molecule has 0 radical (unpaired) electrons. The van der Waals surface area contributed by atoms with Crippen LogP contribution < -0.4 is 16.6 Å². The molecular weight excluding hydrogens is 194 g/mol. The molecule has 88 valence electrons. The number of nitrogens with zero attached hydrogens (tertiary/aromatic N) is 2. The summed E-state index contributed by atoms with van der Waals surface area (Å²) in [6.45, 7) is 5.79. The van der Waals surface area contributed by atoms with E-state index in [-0.39, 0.29) is 0 Å². The fraction of sp³-hybridized carbons (Fsp3) is 0.889. The first kappa shape index (κ1) is 12.2. The minimum absolute atomic E-state index is 0.636. The summed E-state index contributed by atoms with van der Waals surface area (Å²) in [5.41, 5.74) is 2.50. The predicted octanol–water partition coefficient (Wildman–Crippen LogP) is -1.25. The molecule has 15 heavy (non-hydrogen) atoms. The van der Waals surface area contributed by atoms with Crippen molar-refractivity contribution in [2.24, 2.45) is 10.8 Å². The van der Waals surface area contributed by atoms with Crippen LogP contribution in [0.3, 0.4) is 0 Å². The van der Waals surface area contributed by atoms with Gasteiger partial charge in [-0.1, -0.05) is 0 Å². The van der Waals surface area contributed by atoms with E-state index < -0.39 is 0 Å². The second-order valence-electron chi connectivity index (χ2n) is 3.45. The summed E-state index contributed by atoms with van der Waals surface area (Å²) in [6.07, 6.45) is 1.08. The number of hydrogen-bond acceptors (Lipinski definition) is 4. The normalized spacial score (nSPS) is 18.9. The van der Waals surface area contributed by atoms with Crippen molar-refractivity contribution in [3.63, 3.8) is 0 Å². The van der Waals surface area contributed by atoms with Crippen LogP contribution in [-0.2, 0) is 4.74 Å². The molecule has 1 aliphatic heterocycles. The van der Waals surface area contributed by atoms with Crippen LogP contribution in [0.15, 0.2) is 4.99 Å². The lowest BCUT2D eigenvalue weighted by atomic mass is 10.3. The number of hydrazine groups is 1. The molecule has 0 unspecified atom stereocenters. The summed E-state index contributed by atoms with van der Waals surface area (Å²) in [6, 6.07) is 0. The summed E-state index contributed by atoms with van der Waals surface area (Å²) in [5, 5.41) is 3.11. The maximum absolute atomic E-state index is 5.28. The second kappa shape index (κ2) is 7.44. The molecule has 6 nitrogen and oxygen atoms in total. The van der Waals surface area contributed by atoms with Gasteiger partial charge in [-0.15, -0.1) is 0 Å². The van der Waals surface area contributed by atoms with Crippen LogP contribution in [0.2, 0.25) is 0 Å². The Bertz CT molecular complexity index is 191. The average Bonchev–Trinajstić information content (AvgIpc) is 2.31. The van der Waals surface area contributed by atoms with Crippen molar-refractivity contribution < 1.29 is 4.74 Å². The van der Waals surface area contributed by atoms with Crippen LogP contribution in [0.1, 0.15) is 6.42 Å². The summed E-state index contributed by atoms with van der Waals surface area (Å²) < 4.78 is 5.28. The van der Waals surface area contributed by atoms with Crippen molar-refractivity contribution >= 4 is 5.96 Å². The third-order valence-corrected chi connectivity index (χ3v) is 2.41. The lowest BCUT2D eigenvalue weighted by Crippen LogP contribution is -2.43. The molecule has 0 amide bonds. The van der Waals surface area contributed by atoms with Gasteiger partial charge in [0, 0.05) is 26.7 Å². The Morgan fingerprint density at radius 2 is 2.20 bits per heavy atom. The fourth-order valence-electron chi connectivity index (χ4n) is 1.53. The van der Waals surface area contributed by atoms with Gasteiger partial charge in [0.1, 0.15) is 0 Å². The topological polar surface area (TPSA) is 74.9 Å². The SMILES string of the molecule is CN=C(NN)NCCCN1CCOCC1. The Hall–Kier alpha value is -0.850. The van der Waals surface area contributed by atoms with Gasteiger partial charge in [0.05, 0.1) is 13.2 Å². The number of hydrogen-bond donors (Lipinski definition) is 3. The first-order valence-corrected chi connectivity index (χ1v) is 5.34. The molecule has 0 aromatic heterocycles. The molecule has 1 fully saturated rings. The van der Waals surface area contributed by atoms with Crippen molar-refractivity contribution in [3.05, 3.63) is 0 Å². The van der Waals surface area contributed by atoms with Crippen LogP contribution in [0.5, 0.6) is 0 Å². The standard InChI is InChI=1S/C9H21N5O/c1-11-9(13-10)12-3-2-4-14-5-7-15-8-6-14/h2-8,10H2,1H3,(H2,11,12,13). The minimum atomic E-state index is 0.636. The number of morpholine rings is 1. The van der Waals surface area contributed by atoms with Gasteiger partial charge in [-0.05, 0) is 13.0 Å². The third-order valence-electron chi connectivity index (χ3n) is 2.41. The summed E-state index contributed by atoms with van der Waals surface area (Å²) in [5.74, 6) is 5.87. The van der Waals surface area contributed by atoms with Crippen molar-refractivity contribution in [3.8, 4) is 0 Å². The van der Waals surface area contributed by atoms with E-state index in [9.17, 15) is 0 Å². The van der Waals surface area contributed by atoms with Gasteiger partial charge in [-0.25, -0.2) is 5.84 Å². The van der Waals surface area contributed by atoms with Crippen LogP contribution in [0.4, 0.5) is 0 Å². The van der Waals surface area contributed by atoms with E-state index in [0.717, 1.165) is 45.8 Å². The number of aliphatic imine (C=N–C) groups is 1. The average molecular weight is 215 g/mol. The van der Waals surface area contributed by atoms with Crippen LogP contribution in [0, 0.1) is 0 Å². The molecule has 1 aliphatic rings. The van der Waals surface area contributed by atoms with Crippen molar-refractivity contribution in [1.82, 2.24) is 15.6 Å². The highest BCUT2D eigenvalue weighted by Gasteiger charge is 2.08. The third kappa shape index (κ3) is 4.96. The zero-order valence-corrected chi connectivity index (χ0v) is 9.33. The molecule has 0 aromatic carbocycles. The van der Waals surface area contributed by atoms with Gasteiger partial charge in [-0.3, -0.25) is 15.3 Å². The first-order chi connectivity index (χ1) is 7.36. The zero-order valence-electron chi connectivity index (χ0n) is 9.33. The highest BCUT2D eigenvalue weighted by atomic mass is 16.5. The van der Waals surface area contributed by atoms with E-state index in [1.165, 1.54) is 0 Å². The van der Waals surface area contributed by atoms with Crippen molar-refractivity contribution in [2.45, 2.75) is 6.42 Å². The molecule has 0 atom stereocenters. The molecule has 1 rings (SSSR count). The van der Waals surface area contributed by atoms with E-state index in [4.69, 9.17) is 10.6 Å². The first-order valence-electron chi connectivity index (χ1n) is 5.34. The van der Waals surface area contributed by atoms with Crippen molar-refractivity contribution in [1.29, 1.82) is 0 Å². The molecule has 6 heteroatoms. The Labute approximate surface area is 90.8 Å². The summed E-state index contributed by atoms with van der Waals surface area (Å²) in [4.78, 5) is 6.33. The Kier molecular flexibility index (Phi) is 6.06. The largest absolute Gasteiger partial charge is 0.379 e. The van der Waals surface area contributed by atoms with Gasteiger partial charge >= 0.3 is 0 Å². The van der Waals surface area contributed by atoms with Gasteiger partial charge in [-0.2, -0.15) is 0 Å². The van der Waals surface area contributed by atoms with Gasteiger partial charge < -0.3 is 10.1 Å². The molecule has 0 saturated carbocycles. The van der Waals surface area contributed by atoms with Crippen LogP contribution in [0.25, 0.3) is 0 Å². The van der Waals surface area contributed by atoms with Crippen LogP contribution in [-0.4, -0.2) is 57.3 Å². The van der Waals surface area contributed by atoms with E-state index in [1.807, 2.05) is 0 Å². The quantitative estimate of drug-likeness (QED) is 0.180. The number of rotatable bonds is 4. The molecule has 1 saturated heterocycles. The predicted molar refractivity (Wildman–Crippen MR) is 60.6 cm³/mol. The zero-order chi connectivity index (χ0) is 10.9. The lowest BCUT2D eigenvalue weighted by molar-refractivity contribution is 0.0376. The maximum atomic E-state index is 5.28. The minimum Gasteiger partial charge on any atom is -0.379 e. The van der Waals surface area contributed by atoms with E-state index in [1.54, 1.807) is 7.05 Å². The molecular formula is C9H21N5O. The monoisotopic (exact) mass is 215 g/mol. The van der Waals surface area contributed by atoms with E-state index in [0.29, 0.717) is 5.96 Å². The molecule has 1 heterocycles. The van der Waals surface area contributed by atoms with Crippen molar-refractivity contribution in [2.75, 3.05) is 46.4 Å². The van der Waals surface area contributed by atoms with Gasteiger partial charge in [0.2, 0.25) is 5.96 Å². The van der Waals surface area contributed by atoms with Crippen LogP contribution >= 0.6 is 0 Å². The highest BCUT2D eigenvalue weighted by molar-refractivity contribution is 5.78. The van der Waals surface area contributed by atoms with E-state index >= 15 is 0 Å². The number of nitrogens with two attached hydrogens (primary N) is 1. The maximum Gasteiger partial charge on any atom is 0.205 e. The lowest BCUT2D eigenvalue weighted by Gasteiger charge is -2.26. The number of guanidine groups is 1. The molecule has 0 spiro atoms. The highest BCUT2D eigenvalue weighted by Crippen LogP contribution is 1.96. The molecule has 0 aliphatic carbocycles. The smallest absolute Gasteiger partial charge is 0.205 e. The molecule has 0 bridgehead atoms. The van der Waals surface area contributed by atoms with Gasteiger partial charge in [0.15, 0.2) is 0 Å². The van der Waals surface area contributed by atoms with Gasteiger partial charge in [0.25, 0.3) is 0 Å². The van der Waals surface area contributed by atoms with E-state index in [2.05, 4.69) is 20.6 Å². The molecule has 4 N–H and O–H groups in total. The Morgan fingerprint density at radius 1 is 1.47 bits per heavy atom. The number of ether oxygens (including phenoxy) is 1. The Balaban J connectivity index is 2.00. The summed E-state index contributed by atoms with van der Waals surface area (Å²) in [7, 11) is 1.70. The Morgan fingerprint density at radius 3 is 2.80 bits per heavy atom.